The minimum absolute atomic E-state index is 0.177. The quantitative estimate of drug-likeness (QED) is 0.383. The van der Waals surface area contributed by atoms with Crippen LogP contribution < -0.4 is 19.5 Å². The Morgan fingerprint density at radius 2 is 1.82 bits per heavy atom. The lowest BCUT2D eigenvalue weighted by atomic mass is 10.2. The van der Waals surface area contributed by atoms with Gasteiger partial charge in [0.2, 0.25) is 5.89 Å². The number of carbonyl (C=O) groups is 1. The van der Waals surface area contributed by atoms with Crippen LogP contribution in [0.5, 0.6) is 17.2 Å². The van der Waals surface area contributed by atoms with Crippen LogP contribution in [0.4, 0.5) is 0 Å². The van der Waals surface area contributed by atoms with E-state index in [1.807, 2.05) is 51.1 Å². The number of ether oxygens (including phenoxy) is 3. The number of aromatic nitrogens is 2. The van der Waals surface area contributed by atoms with Gasteiger partial charge >= 0.3 is 0 Å². The van der Waals surface area contributed by atoms with Crippen molar-refractivity contribution in [3.63, 3.8) is 0 Å². The third-order valence-electron chi connectivity index (χ3n) is 4.71. The highest BCUT2D eigenvalue weighted by Crippen LogP contribution is 2.28. The molecule has 0 atom stereocenters. The van der Waals surface area contributed by atoms with Gasteiger partial charge in [-0.2, -0.15) is 4.98 Å². The maximum Gasteiger partial charge on any atom is 0.251 e. The molecule has 0 saturated carbocycles. The monoisotopic (exact) mass is 453 g/mol. The molecule has 0 saturated heterocycles. The van der Waals surface area contributed by atoms with Crippen molar-refractivity contribution < 1.29 is 23.5 Å². The molecule has 3 rings (SSSR count). The van der Waals surface area contributed by atoms with Gasteiger partial charge in [-0.15, -0.1) is 0 Å². The summed E-state index contributed by atoms with van der Waals surface area (Å²) in [4.78, 5) is 16.9. The predicted octanol–water partition coefficient (Wildman–Crippen LogP) is 4.41. The third kappa shape index (κ3) is 7.52. The SMILES string of the molecule is CCOc1cc(C(=O)NCCCc2nc(C(C)C)no2)ccc1OCCOc1ccccc1. The van der Waals surface area contributed by atoms with Crippen molar-refractivity contribution in [1.29, 1.82) is 0 Å². The highest BCUT2D eigenvalue weighted by atomic mass is 16.5. The molecule has 0 bridgehead atoms. The van der Waals surface area contributed by atoms with Gasteiger partial charge in [-0.3, -0.25) is 4.79 Å². The lowest BCUT2D eigenvalue weighted by molar-refractivity contribution is 0.0952. The Bertz CT molecular complexity index is 1000. The molecule has 0 fully saturated rings. The predicted molar refractivity (Wildman–Crippen MR) is 124 cm³/mol. The summed E-state index contributed by atoms with van der Waals surface area (Å²) in [5.41, 5.74) is 0.506. The van der Waals surface area contributed by atoms with E-state index in [0.717, 1.165) is 5.75 Å². The summed E-state index contributed by atoms with van der Waals surface area (Å²) in [6.07, 6.45) is 1.31. The molecule has 1 amide bonds. The molecule has 2 aromatic carbocycles. The van der Waals surface area contributed by atoms with E-state index in [1.165, 1.54) is 0 Å². The van der Waals surface area contributed by atoms with Crippen LogP contribution in [-0.4, -0.2) is 42.4 Å². The van der Waals surface area contributed by atoms with Crippen LogP contribution in [0, 0.1) is 0 Å². The van der Waals surface area contributed by atoms with Gasteiger partial charge in [0.25, 0.3) is 5.91 Å². The van der Waals surface area contributed by atoms with E-state index in [4.69, 9.17) is 18.7 Å². The molecule has 0 radical (unpaired) electrons. The first-order valence-corrected chi connectivity index (χ1v) is 11.2. The maximum atomic E-state index is 12.6. The molecule has 1 N–H and O–H groups in total. The molecule has 176 valence electrons. The van der Waals surface area contributed by atoms with Gasteiger partial charge in [0.15, 0.2) is 17.3 Å². The van der Waals surface area contributed by atoms with Gasteiger partial charge in [0.1, 0.15) is 19.0 Å². The highest BCUT2D eigenvalue weighted by molar-refractivity contribution is 5.94. The molecule has 8 heteroatoms. The van der Waals surface area contributed by atoms with E-state index in [9.17, 15) is 4.79 Å². The largest absolute Gasteiger partial charge is 0.490 e. The van der Waals surface area contributed by atoms with Crippen LogP contribution in [0.2, 0.25) is 0 Å². The Balaban J connectivity index is 1.46. The van der Waals surface area contributed by atoms with Crippen molar-refractivity contribution in [1.82, 2.24) is 15.5 Å². The first-order chi connectivity index (χ1) is 16.1. The van der Waals surface area contributed by atoms with E-state index in [0.29, 0.717) is 68.0 Å². The minimum atomic E-state index is -0.177. The zero-order valence-electron chi connectivity index (χ0n) is 19.4. The Morgan fingerprint density at radius 1 is 1.03 bits per heavy atom. The van der Waals surface area contributed by atoms with Gasteiger partial charge in [-0.05, 0) is 43.7 Å². The van der Waals surface area contributed by atoms with E-state index in [1.54, 1.807) is 18.2 Å². The number of para-hydroxylation sites is 1. The molecule has 0 aliphatic carbocycles. The first-order valence-electron chi connectivity index (χ1n) is 11.2. The van der Waals surface area contributed by atoms with Crippen molar-refractivity contribution >= 4 is 5.91 Å². The van der Waals surface area contributed by atoms with E-state index >= 15 is 0 Å². The Morgan fingerprint density at radius 3 is 2.55 bits per heavy atom. The average Bonchev–Trinajstić information content (AvgIpc) is 3.30. The number of hydrogen-bond donors (Lipinski definition) is 1. The molecule has 1 heterocycles. The average molecular weight is 454 g/mol. The molecule has 1 aromatic heterocycles. The van der Waals surface area contributed by atoms with Crippen molar-refractivity contribution in [3.8, 4) is 17.2 Å². The molecule has 33 heavy (non-hydrogen) atoms. The van der Waals surface area contributed by atoms with Crippen LogP contribution in [-0.2, 0) is 6.42 Å². The molecule has 0 unspecified atom stereocenters. The van der Waals surface area contributed by atoms with E-state index < -0.39 is 0 Å². The van der Waals surface area contributed by atoms with Crippen LogP contribution >= 0.6 is 0 Å². The Kier molecular flexibility index (Phi) is 9.11. The van der Waals surface area contributed by atoms with Crippen molar-refractivity contribution in [2.75, 3.05) is 26.4 Å². The molecule has 8 nitrogen and oxygen atoms in total. The fraction of sp³-hybridized carbons (Fsp3) is 0.400. The summed E-state index contributed by atoms with van der Waals surface area (Å²) in [5, 5.41) is 6.86. The third-order valence-corrected chi connectivity index (χ3v) is 4.71. The van der Waals surface area contributed by atoms with Gasteiger partial charge in [0.05, 0.1) is 6.61 Å². The van der Waals surface area contributed by atoms with Crippen molar-refractivity contribution in [2.24, 2.45) is 0 Å². The van der Waals surface area contributed by atoms with Gasteiger partial charge < -0.3 is 24.1 Å². The fourth-order valence-electron chi connectivity index (χ4n) is 3.01. The number of nitrogens with zero attached hydrogens (tertiary/aromatic N) is 2. The number of hydrogen-bond acceptors (Lipinski definition) is 7. The summed E-state index contributed by atoms with van der Waals surface area (Å²) in [5.74, 6) is 3.22. The van der Waals surface area contributed by atoms with Crippen LogP contribution in [0.1, 0.15) is 55.2 Å². The van der Waals surface area contributed by atoms with Crippen LogP contribution in [0.25, 0.3) is 0 Å². The highest BCUT2D eigenvalue weighted by Gasteiger charge is 2.13. The molecule has 0 aliphatic rings. The van der Waals surface area contributed by atoms with E-state index in [-0.39, 0.29) is 11.8 Å². The minimum Gasteiger partial charge on any atom is -0.490 e. The summed E-state index contributed by atoms with van der Waals surface area (Å²) < 4.78 is 22.4. The number of benzene rings is 2. The molecule has 0 spiro atoms. The number of nitrogens with one attached hydrogen (secondary N) is 1. The topological polar surface area (TPSA) is 95.7 Å². The smallest absolute Gasteiger partial charge is 0.251 e. The van der Waals surface area contributed by atoms with Crippen LogP contribution in [0.3, 0.4) is 0 Å². The number of amides is 1. The molecular formula is C25H31N3O5. The van der Waals surface area contributed by atoms with Gasteiger partial charge in [0, 0.05) is 24.4 Å². The summed E-state index contributed by atoms with van der Waals surface area (Å²) >= 11 is 0. The van der Waals surface area contributed by atoms with Gasteiger partial charge in [-0.1, -0.05) is 37.2 Å². The Labute approximate surface area is 194 Å². The lowest BCUT2D eigenvalue weighted by Gasteiger charge is -2.14. The van der Waals surface area contributed by atoms with E-state index in [2.05, 4.69) is 15.5 Å². The zero-order chi connectivity index (χ0) is 23.5. The normalized spacial score (nSPS) is 10.8. The lowest BCUT2D eigenvalue weighted by Crippen LogP contribution is -2.24. The fourth-order valence-corrected chi connectivity index (χ4v) is 3.01. The Hall–Kier alpha value is -3.55. The first kappa shape index (κ1) is 24.1. The second kappa shape index (κ2) is 12.5. The molecule has 0 aliphatic heterocycles. The van der Waals surface area contributed by atoms with Crippen LogP contribution in [0.15, 0.2) is 53.1 Å². The number of aryl methyl sites for hydroxylation is 1. The zero-order valence-corrected chi connectivity index (χ0v) is 19.4. The summed E-state index contributed by atoms with van der Waals surface area (Å²) in [6, 6.07) is 14.7. The number of carbonyl (C=O) groups excluding carboxylic acids is 1. The standard InChI is InChI=1S/C25H31N3O5/c1-4-30-22-17-19(12-13-21(22)32-16-15-31-20-9-6-5-7-10-20)25(29)26-14-8-11-23-27-24(18(2)3)28-33-23/h5-7,9-10,12-13,17-18H,4,8,11,14-16H2,1-3H3,(H,26,29). The number of rotatable bonds is 13. The maximum absolute atomic E-state index is 12.6. The van der Waals surface area contributed by atoms with Crippen molar-refractivity contribution in [2.45, 2.75) is 39.5 Å². The molecule has 3 aromatic rings. The second-order valence-electron chi connectivity index (χ2n) is 7.66. The van der Waals surface area contributed by atoms with Crippen molar-refractivity contribution in [3.05, 3.63) is 65.8 Å². The molecular weight excluding hydrogens is 422 g/mol. The summed E-state index contributed by atoms with van der Waals surface area (Å²) in [6.45, 7) is 7.63. The van der Waals surface area contributed by atoms with Gasteiger partial charge in [-0.25, -0.2) is 0 Å². The summed E-state index contributed by atoms with van der Waals surface area (Å²) in [7, 11) is 0. The second-order valence-corrected chi connectivity index (χ2v) is 7.66.